The summed E-state index contributed by atoms with van der Waals surface area (Å²) in [4.78, 5) is 12.0. The molecule has 1 fully saturated rings. The number of hydrogen-bond acceptors (Lipinski definition) is 3. The van der Waals surface area contributed by atoms with Crippen LogP contribution in [0.5, 0.6) is 0 Å². The van der Waals surface area contributed by atoms with E-state index in [4.69, 9.17) is 10.5 Å². The van der Waals surface area contributed by atoms with Gasteiger partial charge in [-0.15, -0.1) is 0 Å². The Kier molecular flexibility index (Phi) is 5.62. The van der Waals surface area contributed by atoms with Crippen molar-refractivity contribution in [3.63, 3.8) is 0 Å². The second-order valence-electron chi connectivity index (χ2n) is 5.96. The molecule has 4 nitrogen and oxygen atoms in total. The maximum Gasteiger partial charge on any atom is 0.250 e. The largest absolute Gasteiger partial charge is 0.397 e. The summed E-state index contributed by atoms with van der Waals surface area (Å²) in [6, 6.07) is 5.60. The molecular weight excluding hydrogens is 264 g/mol. The fourth-order valence-electron chi connectivity index (χ4n) is 2.99. The number of para-hydroxylation sites is 1. The van der Waals surface area contributed by atoms with Crippen molar-refractivity contribution in [1.29, 1.82) is 0 Å². The van der Waals surface area contributed by atoms with Crippen LogP contribution >= 0.6 is 0 Å². The smallest absolute Gasteiger partial charge is 0.250 e. The number of rotatable bonds is 5. The Bertz CT molecular complexity index is 467. The van der Waals surface area contributed by atoms with Crippen molar-refractivity contribution in [3.8, 4) is 0 Å². The molecule has 1 amide bonds. The number of amides is 1. The lowest BCUT2D eigenvalue weighted by molar-refractivity contribution is -0.123. The maximum absolute atomic E-state index is 12.0. The zero-order chi connectivity index (χ0) is 15.2. The number of ether oxygens (including phenoxy) is 1. The zero-order valence-electron chi connectivity index (χ0n) is 13.0. The highest BCUT2D eigenvalue weighted by Gasteiger charge is 2.22. The third kappa shape index (κ3) is 4.46. The number of aryl methyl sites for hydroxylation is 1. The summed E-state index contributed by atoms with van der Waals surface area (Å²) in [6.07, 6.45) is 6.07. The molecule has 1 saturated carbocycles. The molecule has 0 bridgehead atoms. The molecule has 116 valence electrons. The van der Waals surface area contributed by atoms with Crippen LogP contribution in [0.2, 0.25) is 0 Å². The minimum atomic E-state index is -0.130. The third-order valence-corrected chi connectivity index (χ3v) is 4.33. The lowest BCUT2D eigenvalue weighted by Crippen LogP contribution is -2.27. The normalized spacial score (nSPS) is 22.0. The number of anilines is 2. The Morgan fingerprint density at radius 2 is 2.24 bits per heavy atom. The molecule has 2 rings (SSSR count). The summed E-state index contributed by atoms with van der Waals surface area (Å²) in [6.45, 7) is 4.26. The summed E-state index contributed by atoms with van der Waals surface area (Å²) >= 11 is 0. The number of carbonyl (C=O) groups excluding carboxylic acids is 1. The monoisotopic (exact) mass is 290 g/mol. The van der Waals surface area contributed by atoms with Gasteiger partial charge in [0.2, 0.25) is 5.91 Å². The van der Waals surface area contributed by atoms with Gasteiger partial charge in [0.15, 0.2) is 0 Å². The highest BCUT2D eigenvalue weighted by Crippen LogP contribution is 2.28. The lowest BCUT2D eigenvalue weighted by atomic mass is 9.85. The Morgan fingerprint density at radius 3 is 2.95 bits per heavy atom. The topological polar surface area (TPSA) is 64.3 Å². The summed E-state index contributed by atoms with van der Waals surface area (Å²) in [7, 11) is 0. The van der Waals surface area contributed by atoms with Crippen molar-refractivity contribution in [2.45, 2.75) is 52.1 Å². The molecule has 1 aliphatic carbocycles. The van der Waals surface area contributed by atoms with Crippen LogP contribution in [0, 0.1) is 12.8 Å². The van der Waals surface area contributed by atoms with Gasteiger partial charge in [-0.05, 0) is 37.3 Å². The molecule has 0 aromatic heterocycles. The minimum Gasteiger partial charge on any atom is -0.397 e. The van der Waals surface area contributed by atoms with Crippen molar-refractivity contribution in [1.82, 2.24) is 0 Å². The number of nitrogens with one attached hydrogen (secondary N) is 1. The van der Waals surface area contributed by atoms with Crippen LogP contribution in [0.15, 0.2) is 18.2 Å². The van der Waals surface area contributed by atoms with Gasteiger partial charge in [0.05, 0.1) is 17.5 Å². The summed E-state index contributed by atoms with van der Waals surface area (Å²) in [5, 5.41) is 2.85. The average Bonchev–Trinajstić information content (AvgIpc) is 2.49. The molecule has 0 heterocycles. The van der Waals surface area contributed by atoms with Gasteiger partial charge >= 0.3 is 0 Å². The first-order valence-corrected chi connectivity index (χ1v) is 7.86. The van der Waals surface area contributed by atoms with Gasteiger partial charge in [0.25, 0.3) is 0 Å². The maximum atomic E-state index is 12.0. The second-order valence-corrected chi connectivity index (χ2v) is 5.96. The molecule has 3 N–H and O–H groups in total. The van der Waals surface area contributed by atoms with Crippen molar-refractivity contribution in [2.24, 2.45) is 5.92 Å². The molecule has 0 radical (unpaired) electrons. The van der Waals surface area contributed by atoms with Gasteiger partial charge in [-0.1, -0.05) is 38.3 Å². The first-order chi connectivity index (χ1) is 10.1. The van der Waals surface area contributed by atoms with Crippen LogP contribution in [0.1, 0.15) is 44.6 Å². The van der Waals surface area contributed by atoms with Gasteiger partial charge in [-0.25, -0.2) is 0 Å². The van der Waals surface area contributed by atoms with E-state index in [1.54, 1.807) is 6.07 Å². The fraction of sp³-hybridized carbons (Fsp3) is 0.588. The molecule has 2 unspecified atom stereocenters. The first kappa shape index (κ1) is 15.8. The summed E-state index contributed by atoms with van der Waals surface area (Å²) in [5.74, 6) is 0.619. The number of carbonyl (C=O) groups is 1. The Labute approximate surface area is 127 Å². The van der Waals surface area contributed by atoms with Gasteiger partial charge in [-0.2, -0.15) is 0 Å². The molecule has 0 aliphatic heterocycles. The van der Waals surface area contributed by atoms with Gasteiger partial charge in [-0.3, -0.25) is 4.79 Å². The second kappa shape index (κ2) is 7.46. The van der Waals surface area contributed by atoms with E-state index in [2.05, 4.69) is 12.2 Å². The van der Waals surface area contributed by atoms with Crippen molar-refractivity contribution < 1.29 is 9.53 Å². The molecule has 0 saturated heterocycles. The molecular formula is C17H26N2O2. The molecule has 1 aromatic rings. The van der Waals surface area contributed by atoms with Gasteiger partial charge in [0, 0.05) is 0 Å². The molecule has 2 atom stereocenters. The van der Waals surface area contributed by atoms with Crippen LogP contribution < -0.4 is 11.1 Å². The fourth-order valence-corrected chi connectivity index (χ4v) is 2.99. The molecule has 0 spiro atoms. The van der Waals surface area contributed by atoms with Crippen molar-refractivity contribution >= 4 is 17.3 Å². The van der Waals surface area contributed by atoms with Crippen LogP contribution in [-0.2, 0) is 9.53 Å². The lowest BCUT2D eigenvalue weighted by Gasteiger charge is -2.28. The first-order valence-electron chi connectivity index (χ1n) is 7.86. The highest BCUT2D eigenvalue weighted by molar-refractivity contribution is 5.95. The summed E-state index contributed by atoms with van der Waals surface area (Å²) < 4.78 is 5.78. The predicted octanol–water partition coefficient (Wildman–Crippen LogP) is 3.50. The van der Waals surface area contributed by atoms with Crippen LogP contribution in [0.4, 0.5) is 11.4 Å². The number of benzene rings is 1. The van der Waals surface area contributed by atoms with E-state index in [1.165, 1.54) is 19.3 Å². The number of nitrogens with two attached hydrogens (primary N) is 1. The molecule has 1 aromatic carbocycles. The molecule has 21 heavy (non-hydrogen) atoms. The molecule has 4 heteroatoms. The van der Waals surface area contributed by atoms with Gasteiger partial charge < -0.3 is 15.8 Å². The minimum absolute atomic E-state index is 0.106. The van der Waals surface area contributed by atoms with Gasteiger partial charge in [0.1, 0.15) is 6.61 Å². The van der Waals surface area contributed by atoms with Crippen LogP contribution in [-0.4, -0.2) is 18.6 Å². The third-order valence-electron chi connectivity index (χ3n) is 4.33. The van der Waals surface area contributed by atoms with E-state index in [0.29, 0.717) is 11.4 Å². The van der Waals surface area contributed by atoms with E-state index in [0.717, 1.165) is 24.3 Å². The van der Waals surface area contributed by atoms with E-state index in [1.807, 2.05) is 19.1 Å². The SMILES string of the molecule is CCC1CCCC(OCC(=O)Nc2c(C)cccc2N)C1. The quantitative estimate of drug-likeness (QED) is 0.816. The van der Waals surface area contributed by atoms with E-state index >= 15 is 0 Å². The Balaban J connectivity index is 1.82. The number of hydrogen-bond donors (Lipinski definition) is 2. The standard InChI is InChI=1S/C17H26N2O2/c1-3-13-7-5-8-14(10-13)21-11-16(20)19-17-12(2)6-4-9-15(17)18/h4,6,9,13-14H,3,5,7-8,10-11,18H2,1-2H3,(H,19,20). The van der Waals surface area contributed by atoms with E-state index < -0.39 is 0 Å². The summed E-state index contributed by atoms with van der Waals surface area (Å²) in [5.41, 5.74) is 8.14. The van der Waals surface area contributed by atoms with Crippen LogP contribution in [0.25, 0.3) is 0 Å². The Morgan fingerprint density at radius 1 is 1.43 bits per heavy atom. The molecule has 1 aliphatic rings. The highest BCUT2D eigenvalue weighted by atomic mass is 16.5. The van der Waals surface area contributed by atoms with Crippen LogP contribution in [0.3, 0.4) is 0 Å². The predicted molar refractivity (Wildman–Crippen MR) is 86.2 cm³/mol. The van der Waals surface area contributed by atoms with Crippen molar-refractivity contribution in [3.05, 3.63) is 23.8 Å². The average molecular weight is 290 g/mol. The van der Waals surface area contributed by atoms with E-state index in [9.17, 15) is 4.79 Å². The van der Waals surface area contributed by atoms with E-state index in [-0.39, 0.29) is 18.6 Å². The van der Waals surface area contributed by atoms with Crippen molar-refractivity contribution in [2.75, 3.05) is 17.7 Å². The Hall–Kier alpha value is -1.55. The number of nitrogen functional groups attached to an aromatic ring is 1. The zero-order valence-corrected chi connectivity index (χ0v) is 13.0.